The fourth-order valence-electron chi connectivity index (χ4n) is 5.82. The van der Waals surface area contributed by atoms with E-state index in [-0.39, 0.29) is 51.0 Å². The van der Waals surface area contributed by atoms with Crippen LogP contribution in [0, 0.1) is 17.8 Å². The van der Waals surface area contributed by atoms with Crippen LogP contribution in [0.25, 0.3) is 0 Å². The average molecular weight is 531 g/mol. The van der Waals surface area contributed by atoms with Crippen molar-refractivity contribution in [3.63, 3.8) is 0 Å². The SMILES string of the molecule is CCCN1C(=O)[C@H]2[C@H](CC=C3[C@H](c4ccc(O)cc4Cl)C4=C(C[C@H]32)C(=O)C(Br)=CC4=O)C1=O. The Morgan fingerprint density at radius 2 is 1.91 bits per heavy atom. The molecule has 4 atom stereocenters. The minimum atomic E-state index is -0.621. The van der Waals surface area contributed by atoms with Crippen LogP contribution >= 0.6 is 27.5 Å². The first-order valence-corrected chi connectivity index (χ1v) is 12.1. The van der Waals surface area contributed by atoms with E-state index in [1.807, 2.05) is 13.0 Å². The zero-order valence-electron chi connectivity index (χ0n) is 17.8. The van der Waals surface area contributed by atoms with Gasteiger partial charge in [0.2, 0.25) is 11.8 Å². The number of phenols is 1. The number of fused-ring (bicyclic) bond motifs is 3. The fraction of sp³-hybridized carbons (Fsp3) is 0.360. The third kappa shape index (κ3) is 3.28. The molecule has 0 radical (unpaired) electrons. The van der Waals surface area contributed by atoms with E-state index >= 15 is 0 Å². The summed E-state index contributed by atoms with van der Waals surface area (Å²) in [5, 5.41) is 10.1. The number of likely N-dealkylation sites (tertiary alicyclic amines) is 1. The lowest BCUT2D eigenvalue weighted by atomic mass is 9.59. The summed E-state index contributed by atoms with van der Waals surface area (Å²) >= 11 is 9.71. The summed E-state index contributed by atoms with van der Waals surface area (Å²) in [5.41, 5.74) is 2.15. The Morgan fingerprint density at radius 1 is 1.15 bits per heavy atom. The normalized spacial score (nSPS) is 29.0. The summed E-state index contributed by atoms with van der Waals surface area (Å²) in [6.45, 7) is 2.29. The van der Waals surface area contributed by atoms with Crippen molar-refractivity contribution in [2.75, 3.05) is 6.54 Å². The van der Waals surface area contributed by atoms with Gasteiger partial charge in [0.15, 0.2) is 11.6 Å². The van der Waals surface area contributed by atoms with Gasteiger partial charge in [0.1, 0.15) is 5.75 Å². The van der Waals surface area contributed by atoms with E-state index < -0.39 is 17.8 Å². The van der Waals surface area contributed by atoms with Crippen LogP contribution in [0.5, 0.6) is 5.75 Å². The fourth-order valence-corrected chi connectivity index (χ4v) is 6.55. The van der Waals surface area contributed by atoms with Gasteiger partial charge in [0, 0.05) is 34.7 Å². The number of benzene rings is 1. The number of carbonyl (C=O) groups is 4. The molecule has 0 spiro atoms. The second-order valence-electron chi connectivity index (χ2n) is 8.93. The van der Waals surface area contributed by atoms with Gasteiger partial charge in [-0.05, 0) is 58.8 Å². The summed E-state index contributed by atoms with van der Waals surface area (Å²) in [6, 6.07) is 4.55. The number of hydrogen-bond donors (Lipinski definition) is 1. The number of rotatable bonds is 3. The number of allylic oxidation sites excluding steroid dienone is 6. The minimum absolute atomic E-state index is 0.0107. The molecule has 1 fully saturated rings. The summed E-state index contributed by atoms with van der Waals surface area (Å²) in [5.74, 6) is -2.97. The van der Waals surface area contributed by atoms with Gasteiger partial charge >= 0.3 is 0 Å². The van der Waals surface area contributed by atoms with Crippen LogP contribution in [0.2, 0.25) is 5.02 Å². The number of halogens is 2. The van der Waals surface area contributed by atoms with Gasteiger partial charge in [-0.25, -0.2) is 0 Å². The monoisotopic (exact) mass is 529 g/mol. The quantitative estimate of drug-likeness (QED) is 0.359. The molecule has 6 nitrogen and oxygen atoms in total. The summed E-state index contributed by atoms with van der Waals surface area (Å²) in [4.78, 5) is 53.9. The zero-order valence-corrected chi connectivity index (χ0v) is 20.1. The summed E-state index contributed by atoms with van der Waals surface area (Å²) in [7, 11) is 0. The number of Topliss-reactive ketones (excluding diaryl/α,β-unsaturated/α-hetero) is 1. The second kappa shape index (κ2) is 8.06. The Bertz CT molecular complexity index is 1230. The number of carbonyl (C=O) groups excluding carboxylic acids is 4. The highest BCUT2D eigenvalue weighted by molar-refractivity contribution is 9.12. The molecule has 0 bridgehead atoms. The zero-order chi connectivity index (χ0) is 23.6. The Balaban J connectivity index is 1.69. The van der Waals surface area contributed by atoms with Gasteiger partial charge in [-0.15, -0.1) is 0 Å². The maximum absolute atomic E-state index is 13.4. The molecule has 8 heteroatoms. The Hall–Kier alpha value is -2.51. The molecule has 1 saturated heterocycles. The average Bonchev–Trinajstić information content (AvgIpc) is 3.02. The second-order valence-corrected chi connectivity index (χ2v) is 10.2. The largest absolute Gasteiger partial charge is 0.508 e. The van der Waals surface area contributed by atoms with E-state index in [1.165, 1.54) is 23.1 Å². The number of hydrogen-bond acceptors (Lipinski definition) is 5. The Morgan fingerprint density at radius 3 is 2.61 bits per heavy atom. The molecular formula is C25H21BrClNO5. The van der Waals surface area contributed by atoms with Crippen LogP contribution in [0.15, 0.2) is 51.6 Å². The standard InChI is InChI=1S/C25H21BrClNO5/c1-2-7-28-24(32)14-6-5-12-15(21(14)25(28)33)9-16-22(19(30)10-17(26)23(16)31)20(12)13-4-3-11(29)8-18(13)27/h3-5,8,10,14-15,20-21,29H,2,6-7,9H2,1H3/t14-,15+,20+,21-/m0/s1. The Kier molecular flexibility index (Phi) is 5.45. The molecule has 0 unspecified atom stereocenters. The first-order chi connectivity index (χ1) is 15.7. The van der Waals surface area contributed by atoms with Crippen molar-refractivity contribution in [2.45, 2.75) is 32.1 Å². The van der Waals surface area contributed by atoms with Crippen molar-refractivity contribution in [1.29, 1.82) is 0 Å². The van der Waals surface area contributed by atoms with Gasteiger partial charge in [-0.2, -0.15) is 0 Å². The van der Waals surface area contributed by atoms with Crippen molar-refractivity contribution < 1.29 is 24.3 Å². The van der Waals surface area contributed by atoms with Crippen LogP contribution in [-0.4, -0.2) is 39.9 Å². The maximum atomic E-state index is 13.4. The third-order valence-corrected chi connectivity index (χ3v) is 8.08. The number of nitrogens with zero attached hydrogens (tertiary/aromatic N) is 1. The first-order valence-electron chi connectivity index (χ1n) is 11.0. The number of ketones is 2. The summed E-state index contributed by atoms with van der Waals surface area (Å²) < 4.78 is 0.183. The predicted molar refractivity (Wildman–Crippen MR) is 125 cm³/mol. The van der Waals surface area contributed by atoms with E-state index in [4.69, 9.17) is 11.6 Å². The van der Waals surface area contributed by atoms with E-state index in [0.29, 0.717) is 36.1 Å². The molecule has 1 N–H and O–H groups in total. The topological polar surface area (TPSA) is 91.8 Å². The highest BCUT2D eigenvalue weighted by Crippen LogP contribution is 2.56. The molecule has 1 aromatic rings. The predicted octanol–water partition coefficient (Wildman–Crippen LogP) is 4.22. The molecule has 5 rings (SSSR count). The van der Waals surface area contributed by atoms with Crippen molar-refractivity contribution in [1.82, 2.24) is 4.90 Å². The molecular weight excluding hydrogens is 510 g/mol. The van der Waals surface area contributed by atoms with Crippen LogP contribution in [-0.2, 0) is 19.2 Å². The van der Waals surface area contributed by atoms with Gasteiger partial charge in [0.25, 0.3) is 0 Å². The molecule has 3 aliphatic carbocycles. The van der Waals surface area contributed by atoms with Gasteiger partial charge in [-0.1, -0.05) is 36.2 Å². The molecule has 0 saturated carbocycles. The number of amides is 2. The number of imide groups is 1. The van der Waals surface area contributed by atoms with Crippen molar-refractivity contribution in [2.24, 2.45) is 17.8 Å². The highest BCUT2D eigenvalue weighted by atomic mass is 79.9. The smallest absolute Gasteiger partial charge is 0.233 e. The highest BCUT2D eigenvalue weighted by Gasteiger charge is 2.56. The maximum Gasteiger partial charge on any atom is 0.233 e. The van der Waals surface area contributed by atoms with Crippen LogP contribution in [0.1, 0.15) is 37.7 Å². The van der Waals surface area contributed by atoms with E-state index in [0.717, 1.165) is 5.57 Å². The van der Waals surface area contributed by atoms with E-state index in [2.05, 4.69) is 15.9 Å². The van der Waals surface area contributed by atoms with Gasteiger partial charge < -0.3 is 5.11 Å². The van der Waals surface area contributed by atoms with Gasteiger partial charge in [0.05, 0.1) is 16.3 Å². The van der Waals surface area contributed by atoms with Crippen molar-refractivity contribution in [3.8, 4) is 5.75 Å². The van der Waals surface area contributed by atoms with Gasteiger partial charge in [-0.3, -0.25) is 24.1 Å². The van der Waals surface area contributed by atoms with Crippen LogP contribution < -0.4 is 0 Å². The van der Waals surface area contributed by atoms with Crippen LogP contribution in [0.4, 0.5) is 0 Å². The van der Waals surface area contributed by atoms with E-state index in [9.17, 15) is 24.3 Å². The molecule has 33 heavy (non-hydrogen) atoms. The van der Waals surface area contributed by atoms with Crippen molar-refractivity contribution >= 4 is 50.9 Å². The molecule has 170 valence electrons. The third-order valence-electron chi connectivity index (χ3n) is 7.16. The Labute approximate surface area is 204 Å². The first kappa shape index (κ1) is 22.3. The molecule has 2 amide bonds. The lowest BCUT2D eigenvalue weighted by Crippen LogP contribution is -2.39. The molecule has 0 aromatic heterocycles. The van der Waals surface area contributed by atoms with Crippen LogP contribution in [0.3, 0.4) is 0 Å². The lowest BCUT2D eigenvalue weighted by molar-refractivity contribution is -0.140. The molecule has 4 aliphatic rings. The minimum Gasteiger partial charge on any atom is -0.508 e. The van der Waals surface area contributed by atoms with E-state index in [1.54, 1.807) is 6.07 Å². The number of phenolic OH excluding ortho intramolecular Hbond substituents is 1. The van der Waals surface area contributed by atoms with Crippen molar-refractivity contribution in [3.05, 3.63) is 62.1 Å². The molecule has 1 heterocycles. The lowest BCUT2D eigenvalue weighted by Gasteiger charge is -2.42. The summed E-state index contributed by atoms with van der Waals surface area (Å²) in [6.07, 6.45) is 4.53. The number of aromatic hydroxyl groups is 1. The molecule has 1 aromatic carbocycles. The molecule has 1 aliphatic heterocycles.